The molecule has 43 heavy (non-hydrogen) atoms. The summed E-state index contributed by atoms with van der Waals surface area (Å²) in [6.07, 6.45) is 6.41. The molecular formula is C33H41BrF2N4O3. The van der Waals surface area contributed by atoms with E-state index in [1.165, 1.54) is 51.6 Å². The lowest BCUT2D eigenvalue weighted by atomic mass is 10.0. The van der Waals surface area contributed by atoms with Crippen LogP contribution in [0.3, 0.4) is 0 Å². The van der Waals surface area contributed by atoms with Crippen LogP contribution >= 0.6 is 15.9 Å². The van der Waals surface area contributed by atoms with Crippen LogP contribution in [0.2, 0.25) is 0 Å². The first-order chi connectivity index (χ1) is 19.7. The van der Waals surface area contributed by atoms with E-state index in [2.05, 4.69) is 35.9 Å². The third-order valence-corrected chi connectivity index (χ3v) is 6.00. The maximum Gasteiger partial charge on any atom is 0.335 e. The highest BCUT2D eigenvalue weighted by Gasteiger charge is 2.22. The van der Waals surface area contributed by atoms with Gasteiger partial charge in [-0.25, -0.2) is 18.6 Å². The maximum absolute atomic E-state index is 13.3. The molecule has 0 saturated heterocycles. The summed E-state index contributed by atoms with van der Waals surface area (Å²) in [4.78, 5) is 26.2. The van der Waals surface area contributed by atoms with E-state index in [0.29, 0.717) is 5.69 Å². The lowest BCUT2D eigenvalue weighted by molar-refractivity contribution is 0.0695. The molecule has 0 aliphatic carbocycles. The summed E-state index contributed by atoms with van der Waals surface area (Å²) in [6, 6.07) is 13.9. The number of carboxylic acids is 1. The van der Waals surface area contributed by atoms with Gasteiger partial charge in [-0.1, -0.05) is 0 Å². The summed E-state index contributed by atoms with van der Waals surface area (Å²) in [5.74, 6) is -1.08. The van der Waals surface area contributed by atoms with E-state index >= 15 is 0 Å². The Labute approximate surface area is 261 Å². The number of carboxylic acid groups (broad SMARTS) is 1. The Morgan fingerprint density at radius 3 is 1.33 bits per heavy atom. The van der Waals surface area contributed by atoms with E-state index in [9.17, 15) is 18.7 Å². The molecule has 0 aromatic carbocycles. The van der Waals surface area contributed by atoms with E-state index in [4.69, 9.17) is 5.11 Å². The predicted molar refractivity (Wildman–Crippen MR) is 169 cm³/mol. The highest BCUT2D eigenvalue weighted by atomic mass is 79.9. The minimum atomic E-state index is -1.61. The van der Waals surface area contributed by atoms with Crippen LogP contribution in [0.25, 0.3) is 0 Å². The fourth-order valence-corrected chi connectivity index (χ4v) is 3.60. The van der Waals surface area contributed by atoms with E-state index in [-0.39, 0.29) is 11.3 Å². The van der Waals surface area contributed by atoms with Gasteiger partial charge in [-0.2, -0.15) is 0 Å². The largest absolute Gasteiger partial charge is 0.478 e. The van der Waals surface area contributed by atoms with Gasteiger partial charge in [0.1, 0.15) is 21.5 Å². The molecule has 0 saturated carbocycles. The van der Waals surface area contributed by atoms with E-state index < -0.39 is 22.9 Å². The van der Waals surface area contributed by atoms with Crippen LogP contribution in [-0.4, -0.2) is 36.1 Å². The van der Waals surface area contributed by atoms with Crippen molar-refractivity contribution in [3.63, 3.8) is 0 Å². The monoisotopic (exact) mass is 658 g/mol. The van der Waals surface area contributed by atoms with Crippen LogP contribution in [0.4, 0.5) is 8.78 Å². The molecular weight excluding hydrogens is 618 g/mol. The molecule has 0 aliphatic rings. The number of alkyl halides is 2. The highest BCUT2D eigenvalue weighted by molar-refractivity contribution is 9.10. The molecule has 7 nitrogen and oxygen atoms in total. The molecule has 0 spiro atoms. The Hall–Kier alpha value is -3.63. The number of carbonyl (C=O) groups is 1. The van der Waals surface area contributed by atoms with Crippen molar-refractivity contribution in [2.45, 2.75) is 79.3 Å². The molecule has 0 bridgehead atoms. The first kappa shape index (κ1) is 37.4. The SMILES string of the molecule is CC(C)(F)c1cc(C(=O)O)ccn1.Cc1ccnc(Br)c1.Cc1ccnc(C(C)(C)F)c1.Cc1ccnc(C(C)(C)O)c1. The Morgan fingerprint density at radius 2 is 1.02 bits per heavy atom. The van der Waals surface area contributed by atoms with E-state index in [1.54, 1.807) is 38.5 Å². The van der Waals surface area contributed by atoms with Gasteiger partial charge in [-0.05, 0) is 143 Å². The molecule has 10 heteroatoms. The third kappa shape index (κ3) is 14.9. The zero-order chi connectivity index (χ0) is 33.0. The van der Waals surface area contributed by atoms with Crippen molar-refractivity contribution < 1.29 is 23.8 Å². The molecule has 232 valence electrons. The van der Waals surface area contributed by atoms with Crippen molar-refractivity contribution in [2.75, 3.05) is 0 Å². The summed E-state index contributed by atoms with van der Waals surface area (Å²) in [5, 5.41) is 18.2. The zero-order valence-corrected chi connectivity index (χ0v) is 27.7. The van der Waals surface area contributed by atoms with Crippen molar-refractivity contribution in [1.82, 2.24) is 19.9 Å². The number of hydrogen-bond donors (Lipinski definition) is 2. The first-order valence-corrected chi connectivity index (χ1v) is 14.2. The van der Waals surface area contributed by atoms with Gasteiger partial charge in [-0.3, -0.25) is 15.0 Å². The molecule has 0 atom stereocenters. The summed E-state index contributed by atoms with van der Waals surface area (Å²) in [6.45, 7) is 15.1. The molecule has 2 N–H and O–H groups in total. The van der Waals surface area contributed by atoms with Gasteiger partial charge in [-0.15, -0.1) is 0 Å². The van der Waals surface area contributed by atoms with Crippen LogP contribution < -0.4 is 0 Å². The van der Waals surface area contributed by atoms with Crippen LogP contribution in [0.1, 0.15) is 85.7 Å². The number of aliphatic hydroxyl groups is 1. The summed E-state index contributed by atoms with van der Waals surface area (Å²) in [7, 11) is 0. The Morgan fingerprint density at radius 1 is 0.651 bits per heavy atom. The van der Waals surface area contributed by atoms with Gasteiger partial charge in [0.15, 0.2) is 0 Å². The molecule has 0 amide bonds. The van der Waals surface area contributed by atoms with E-state index in [0.717, 1.165) is 21.4 Å². The number of aromatic nitrogens is 4. The van der Waals surface area contributed by atoms with Crippen LogP contribution in [0, 0.1) is 20.8 Å². The number of nitrogens with zero attached hydrogens (tertiary/aromatic N) is 4. The second-order valence-electron chi connectivity index (χ2n) is 11.3. The van der Waals surface area contributed by atoms with Crippen LogP contribution in [0.5, 0.6) is 0 Å². The first-order valence-electron chi connectivity index (χ1n) is 13.4. The fraction of sp³-hybridized carbons (Fsp3) is 0.364. The summed E-state index contributed by atoms with van der Waals surface area (Å²) in [5.41, 5.74) is 1.03. The maximum atomic E-state index is 13.3. The Kier molecular flexibility index (Phi) is 14.2. The number of pyridine rings is 4. The fourth-order valence-electron chi connectivity index (χ4n) is 3.12. The van der Waals surface area contributed by atoms with Gasteiger partial charge in [0.2, 0.25) is 0 Å². The number of hydrogen-bond acceptors (Lipinski definition) is 6. The van der Waals surface area contributed by atoms with Crippen molar-refractivity contribution >= 4 is 21.9 Å². The number of aromatic carboxylic acids is 1. The van der Waals surface area contributed by atoms with Crippen molar-refractivity contribution in [3.05, 3.63) is 117 Å². The quantitative estimate of drug-likeness (QED) is 0.212. The molecule has 4 rings (SSSR count). The van der Waals surface area contributed by atoms with Crippen LogP contribution in [0.15, 0.2) is 77.9 Å². The summed E-state index contributed by atoms with van der Waals surface area (Å²) < 4.78 is 27.4. The molecule has 0 fully saturated rings. The average Bonchev–Trinajstić information content (AvgIpc) is 2.88. The smallest absolute Gasteiger partial charge is 0.335 e. The normalized spacial score (nSPS) is 11.1. The molecule has 0 radical (unpaired) electrons. The lowest BCUT2D eigenvalue weighted by Crippen LogP contribution is -2.17. The lowest BCUT2D eigenvalue weighted by Gasteiger charge is -2.16. The number of aryl methyl sites for hydroxylation is 3. The van der Waals surface area contributed by atoms with Crippen molar-refractivity contribution in [2.24, 2.45) is 0 Å². The molecule has 4 aromatic heterocycles. The predicted octanol–water partition coefficient (Wildman–Crippen LogP) is 8.35. The topological polar surface area (TPSA) is 109 Å². The van der Waals surface area contributed by atoms with Gasteiger partial charge in [0, 0.05) is 24.8 Å². The Balaban J connectivity index is 0.000000290. The van der Waals surface area contributed by atoms with Gasteiger partial charge < -0.3 is 10.2 Å². The van der Waals surface area contributed by atoms with Crippen LogP contribution in [-0.2, 0) is 16.9 Å². The average molecular weight is 660 g/mol. The van der Waals surface area contributed by atoms with Crippen molar-refractivity contribution in [1.29, 1.82) is 0 Å². The van der Waals surface area contributed by atoms with Gasteiger partial charge >= 0.3 is 5.97 Å². The zero-order valence-electron chi connectivity index (χ0n) is 26.2. The minimum absolute atomic E-state index is 0.0516. The molecule has 4 aromatic rings. The highest BCUT2D eigenvalue weighted by Crippen LogP contribution is 2.23. The van der Waals surface area contributed by atoms with Gasteiger partial charge in [0.05, 0.1) is 22.6 Å². The third-order valence-electron chi connectivity index (χ3n) is 5.56. The minimum Gasteiger partial charge on any atom is -0.478 e. The second-order valence-corrected chi connectivity index (χ2v) is 12.1. The van der Waals surface area contributed by atoms with E-state index in [1.807, 2.05) is 51.1 Å². The molecule has 0 aliphatic heterocycles. The second kappa shape index (κ2) is 16.3. The molecule has 0 unspecified atom stereocenters. The number of halogens is 3. The summed E-state index contributed by atoms with van der Waals surface area (Å²) >= 11 is 3.25. The van der Waals surface area contributed by atoms with Gasteiger partial charge in [0.25, 0.3) is 0 Å². The molecule has 4 heterocycles. The number of rotatable bonds is 4. The standard InChI is InChI=1S/C9H10FNO2.C9H12FN.C9H13NO.C6H6BrN/c1-9(2,10)7-5-6(8(12)13)3-4-11-7;1-7-4-5-11-8(6-7)9(2,3)10;1-7-4-5-10-8(6-7)9(2,3)11;1-5-2-3-8-6(7)4-5/h3-5H,1-2H3,(H,12,13);4-6H,1-3H3;4-6,11H,1-3H3;2-4H,1H3. The van der Waals surface area contributed by atoms with Crippen molar-refractivity contribution in [3.8, 4) is 0 Å². The Bertz CT molecular complexity index is 1390.